The SMILES string of the molecule is COc1cc(C)ccc1-c1nc(Cl)sc1C. The summed E-state index contributed by atoms with van der Waals surface area (Å²) in [6.07, 6.45) is 0. The fraction of sp³-hybridized carbons (Fsp3) is 0.250. The van der Waals surface area contributed by atoms with Gasteiger partial charge in [0, 0.05) is 10.4 Å². The Bertz CT molecular complexity index is 522. The Morgan fingerprint density at radius 2 is 2.06 bits per heavy atom. The summed E-state index contributed by atoms with van der Waals surface area (Å²) in [5.74, 6) is 0.838. The van der Waals surface area contributed by atoms with Gasteiger partial charge in [0.05, 0.1) is 12.8 Å². The van der Waals surface area contributed by atoms with Crippen molar-refractivity contribution in [3.8, 4) is 17.0 Å². The van der Waals surface area contributed by atoms with E-state index >= 15 is 0 Å². The highest BCUT2D eigenvalue weighted by molar-refractivity contribution is 7.16. The number of benzene rings is 1. The van der Waals surface area contributed by atoms with Crippen molar-refractivity contribution in [1.82, 2.24) is 4.98 Å². The molecule has 1 heterocycles. The number of rotatable bonds is 2. The first-order valence-electron chi connectivity index (χ1n) is 4.89. The highest BCUT2D eigenvalue weighted by atomic mass is 35.5. The molecule has 0 amide bonds. The van der Waals surface area contributed by atoms with E-state index < -0.39 is 0 Å². The summed E-state index contributed by atoms with van der Waals surface area (Å²) in [5, 5.41) is 0. The van der Waals surface area contributed by atoms with Crippen LogP contribution in [0.25, 0.3) is 11.3 Å². The van der Waals surface area contributed by atoms with Crippen molar-refractivity contribution in [2.45, 2.75) is 13.8 Å². The highest BCUT2D eigenvalue weighted by Crippen LogP contribution is 2.35. The number of aryl methyl sites for hydroxylation is 2. The molecule has 0 bridgehead atoms. The summed E-state index contributed by atoms with van der Waals surface area (Å²) in [6.45, 7) is 4.05. The molecule has 16 heavy (non-hydrogen) atoms. The number of thiazole rings is 1. The fourth-order valence-corrected chi connectivity index (χ4v) is 2.68. The van der Waals surface area contributed by atoms with Gasteiger partial charge >= 0.3 is 0 Å². The van der Waals surface area contributed by atoms with E-state index in [1.165, 1.54) is 16.9 Å². The molecular weight excluding hydrogens is 242 g/mol. The van der Waals surface area contributed by atoms with Gasteiger partial charge in [-0.3, -0.25) is 0 Å². The lowest BCUT2D eigenvalue weighted by Gasteiger charge is -2.07. The predicted octanol–water partition coefficient (Wildman–Crippen LogP) is 4.09. The summed E-state index contributed by atoms with van der Waals surface area (Å²) in [6, 6.07) is 6.07. The van der Waals surface area contributed by atoms with E-state index in [0.717, 1.165) is 21.9 Å². The van der Waals surface area contributed by atoms with Crippen LogP contribution >= 0.6 is 22.9 Å². The van der Waals surface area contributed by atoms with Gasteiger partial charge in [0.1, 0.15) is 5.75 Å². The lowest BCUT2D eigenvalue weighted by atomic mass is 10.1. The third kappa shape index (κ3) is 2.06. The zero-order chi connectivity index (χ0) is 11.7. The van der Waals surface area contributed by atoms with Gasteiger partial charge < -0.3 is 4.74 Å². The minimum absolute atomic E-state index is 0.565. The summed E-state index contributed by atoms with van der Waals surface area (Å²) in [4.78, 5) is 5.43. The number of halogens is 1. The zero-order valence-corrected chi connectivity index (χ0v) is 10.9. The molecule has 0 saturated heterocycles. The Hall–Kier alpha value is -1.06. The van der Waals surface area contributed by atoms with Crippen molar-refractivity contribution in [2.75, 3.05) is 7.11 Å². The number of nitrogens with zero attached hydrogens (tertiary/aromatic N) is 1. The lowest BCUT2D eigenvalue weighted by molar-refractivity contribution is 0.416. The third-order valence-corrected chi connectivity index (χ3v) is 3.46. The summed E-state index contributed by atoms with van der Waals surface area (Å²) >= 11 is 7.40. The second kappa shape index (κ2) is 4.44. The molecule has 2 rings (SSSR count). The van der Waals surface area contributed by atoms with Crippen molar-refractivity contribution in [3.63, 3.8) is 0 Å². The summed E-state index contributed by atoms with van der Waals surface area (Å²) < 4.78 is 5.93. The van der Waals surface area contributed by atoms with Gasteiger partial charge in [-0.15, -0.1) is 11.3 Å². The van der Waals surface area contributed by atoms with Crippen molar-refractivity contribution in [3.05, 3.63) is 33.1 Å². The van der Waals surface area contributed by atoms with Gasteiger partial charge in [-0.1, -0.05) is 17.7 Å². The van der Waals surface area contributed by atoms with Crippen LogP contribution in [0.2, 0.25) is 4.47 Å². The second-order valence-electron chi connectivity index (χ2n) is 3.58. The van der Waals surface area contributed by atoms with E-state index in [9.17, 15) is 0 Å². The van der Waals surface area contributed by atoms with Crippen molar-refractivity contribution in [1.29, 1.82) is 0 Å². The maximum atomic E-state index is 5.91. The molecule has 0 radical (unpaired) electrons. The van der Waals surface area contributed by atoms with E-state index in [-0.39, 0.29) is 0 Å². The Morgan fingerprint density at radius 3 is 2.62 bits per heavy atom. The van der Waals surface area contributed by atoms with Crippen molar-refractivity contribution in [2.24, 2.45) is 0 Å². The number of hydrogen-bond acceptors (Lipinski definition) is 3. The molecule has 0 aliphatic heterocycles. The first kappa shape index (κ1) is 11.4. The quantitative estimate of drug-likeness (QED) is 0.804. The maximum absolute atomic E-state index is 5.91. The molecule has 1 aromatic carbocycles. The van der Waals surface area contributed by atoms with Gasteiger partial charge in [-0.05, 0) is 31.5 Å². The molecule has 0 atom stereocenters. The van der Waals surface area contributed by atoms with Crippen LogP contribution in [-0.4, -0.2) is 12.1 Å². The van der Waals surface area contributed by atoms with Gasteiger partial charge in [0.15, 0.2) is 4.47 Å². The van der Waals surface area contributed by atoms with Crippen LogP contribution in [0.5, 0.6) is 5.75 Å². The Balaban J connectivity index is 2.59. The maximum Gasteiger partial charge on any atom is 0.184 e. The van der Waals surface area contributed by atoms with Crippen LogP contribution in [0, 0.1) is 13.8 Å². The second-order valence-corrected chi connectivity index (χ2v) is 5.36. The molecule has 0 N–H and O–H groups in total. The van der Waals surface area contributed by atoms with Gasteiger partial charge in [0.2, 0.25) is 0 Å². The van der Waals surface area contributed by atoms with Crippen LogP contribution in [-0.2, 0) is 0 Å². The van der Waals surface area contributed by atoms with E-state index in [4.69, 9.17) is 16.3 Å². The van der Waals surface area contributed by atoms with E-state index in [2.05, 4.69) is 4.98 Å². The Labute approximate surface area is 104 Å². The smallest absolute Gasteiger partial charge is 0.184 e. The topological polar surface area (TPSA) is 22.1 Å². The number of ether oxygens (including phenoxy) is 1. The van der Waals surface area contributed by atoms with Crippen LogP contribution in [0.3, 0.4) is 0 Å². The average molecular weight is 254 g/mol. The molecule has 1 aromatic heterocycles. The fourth-order valence-electron chi connectivity index (χ4n) is 1.61. The molecule has 0 unspecified atom stereocenters. The average Bonchev–Trinajstić information content (AvgIpc) is 2.57. The molecule has 0 saturated carbocycles. The van der Waals surface area contributed by atoms with Gasteiger partial charge in [0.25, 0.3) is 0 Å². The predicted molar refractivity (Wildman–Crippen MR) is 68.6 cm³/mol. The number of hydrogen-bond donors (Lipinski definition) is 0. The van der Waals surface area contributed by atoms with E-state index in [1.807, 2.05) is 32.0 Å². The Morgan fingerprint density at radius 1 is 1.31 bits per heavy atom. The summed E-state index contributed by atoms with van der Waals surface area (Å²) in [5.41, 5.74) is 3.07. The molecule has 84 valence electrons. The van der Waals surface area contributed by atoms with Crippen LogP contribution in [0.15, 0.2) is 18.2 Å². The van der Waals surface area contributed by atoms with E-state index in [0.29, 0.717) is 4.47 Å². The minimum atomic E-state index is 0.565. The van der Waals surface area contributed by atoms with Crippen LogP contribution in [0.1, 0.15) is 10.4 Å². The molecule has 0 aliphatic carbocycles. The molecule has 4 heteroatoms. The molecule has 0 spiro atoms. The molecular formula is C12H12ClNOS. The highest BCUT2D eigenvalue weighted by Gasteiger charge is 2.13. The van der Waals surface area contributed by atoms with E-state index in [1.54, 1.807) is 7.11 Å². The van der Waals surface area contributed by atoms with Crippen molar-refractivity contribution >= 4 is 22.9 Å². The first-order valence-corrected chi connectivity index (χ1v) is 6.09. The first-order chi connectivity index (χ1) is 7.61. The molecule has 0 fully saturated rings. The van der Waals surface area contributed by atoms with Gasteiger partial charge in [-0.25, -0.2) is 4.98 Å². The minimum Gasteiger partial charge on any atom is -0.496 e. The standard InChI is InChI=1S/C12H12ClNOS/c1-7-4-5-9(10(6-7)15-3)11-8(2)16-12(13)14-11/h4-6H,1-3H3. The third-order valence-electron chi connectivity index (χ3n) is 2.38. The van der Waals surface area contributed by atoms with Crippen LogP contribution in [0.4, 0.5) is 0 Å². The van der Waals surface area contributed by atoms with Gasteiger partial charge in [-0.2, -0.15) is 0 Å². The summed E-state index contributed by atoms with van der Waals surface area (Å²) in [7, 11) is 1.67. The molecule has 2 nitrogen and oxygen atoms in total. The Kier molecular flexibility index (Phi) is 3.17. The number of methoxy groups -OCH3 is 1. The normalized spacial score (nSPS) is 10.5. The zero-order valence-electron chi connectivity index (χ0n) is 9.37. The molecule has 0 aliphatic rings. The largest absolute Gasteiger partial charge is 0.496 e. The number of aromatic nitrogens is 1. The van der Waals surface area contributed by atoms with Crippen molar-refractivity contribution < 1.29 is 4.74 Å². The monoisotopic (exact) mass is 253 g/mol. The van der Waals surface area contributed by atoms with Crippen LogP contribution < -0.4 is 4.74 Å². The molecule has 2 aromatic rings. The lowest BCUT2D eigenvalue weighted by Crippen LogP contribution is -1.90.